The smallest absolute Gasteiger partial charge is 0.320 e. The van der Waals surface area contributed by atoms with Crippen LogP contribution in [-0.4, -0.2) is 65.3 Å². The number of carbonyl (C=O) groups is 1. The summed E-state index contributed by atoms with van der Waals surface area (Å²) in [6, 6.07) is 12.5. The number of aryl methyl sites for hydroxylation is 2. The minimum absolute atomic E-state index is 0.252. The number of benzene rings is 2. The van der Waals surface area contributed by atoms with Crippen molar-refractivity contribution < 1.29 is 22.8 Å². The molecule has 2 atom stereocenters. The molecule has 0 aliphatic carbocycles. The van der Waals surface area contributed by atoms with Crippen LogP contribution in [0.2, 0.25) is 0 Å². The van der Waals surface area contributed by atoms with E-state index in [-0.39, 0.29) is 12.0 Å². The van der Waals surface area contributed by atoms with E-state index in [4.69, 9.17) is 14.4 Å². The first kappa shape index (κ1) is 27.9. The molecule has 2 amide bonds. The fourth-order valence-electron chi connectivity index (χ4n) is 5.07. The third-order valence-electron chi connectivity index (χ3n) is 7.03. The van der Waals surface area contributed by atoms with Gasteiger partial charge in [0, 0.05) is 32.7 Å². The molecule has 1 saturated heterocycles. The van der Waals surface area contributed by atoms with Gasteiger partial charge < -0.3 is 14.6 Å². The molecule has 40 heavy (non-hydrogen) atoms. The fourth-order valence-corrected chi connectivity index (χ4v) is 5.62. The van der Waals surface area contributed by atoms with Crippen molar-refractivity contribution in [3.8, 4) is 16.9 Å². The fraction of sp³-hybridized carbons (Fsp3) is 0.321. The summed E-state index contributed by atoms with van der Waals surface area (Å²) in [7, 11) is 1.62. The first-order valence-corrected chi connectivity index (χ1v) is 13.6. The van der Waals surface area contributed by atoms with Gasteiger partial charge >= 0.3 is 6.03 Å². The first-order valence-electron chi connectivity index (χ1n) is 12.8. The summed E-state index contributed by atoms with van der Waals surface area (Å²) in [5.41, 5.74) is 3.32. The molecule has 2 aromatic carbocycles. The maximum Gasteiger partial charge on any atom is 0.320 e. The van der Waals surface area contributed by atoms with Crippen LogP contribution in [0.1, 0.15) is 22.9 Å². The number of ether oxygens (including phenoxy) is 1. The second kappa shape index (κ2) is 11.9. The Balaban J connectivity index is 1.44. The number of hydrogen-bond donors (Lipinski definition) is 2. The predicted molar refractivity (Wildman–Crippen MR) is 150 cm³/mol. The van der Waals surface area contributed by atoms with E-state index in [1.807, 2.05) is 37.3 Å². The lowest BCUT2D eigenvalue weighted by atomic mass is 9.94. The number of para-hydroxylation sites is 1. The molecule has 0 radical (unpaired) electrons. The van der Waals surface area contributed by atoms with Crippen LogP contribution < -0.4 is 10.6 Å². The van der Waals surface area contributed by atoms with Crippen LogP contribution in [-0.2, 0) is 4.74 Å². The minimum Gasteiger partial charge on any atom is -0.383 e. The largest absolute Gasteiger partial charge is 0.383 e. The molecule has 1 fully saturated rings. The van der Waals surface area contributed by atoms with Gasteiger partial charge in [-0.3, -0.25) is 10.2 Å². The van der Waals surface area contributed by atoms with Crippen LogP contribution in [0, 0.1) is 25.5 Å². The highest BCUT2D eigenvalue weighted by molar-refractivity contribution is 9.10. The number of rotatable bonds is 8. The molecule has 210 valence electrons. The van der Waals surface area contributed by atoms with E-state index in [0.717, 1.165) is 17.3 Å². The van der Waals surface area contributed by atoms with Gasteiger partial charge in [0.15, 0.2) is 17.5 Å². The number of hydrogen-bond acceptors (Lipinski definition) is 6. The second-order valence-corrected chi connectivity index (χ2v) is 10.5. The summed E-state index contributed by atoms with van der Waals surface area (Å²) in [5.74, 6) is -1.06. The lowest BCUT2D eigenvalue weighted by molar-refractivity contribution is 0.159. The van der Waals surface area contributed by atoms with Crippen molar-refractivity contribution in [1.82, 2.24) is 25.2 Å². The molecule has 0 bridgehead atoms. The zero-order valence-electron chi connectivity index (χ0n) is 22.2. The number of halogens is 3. The van der Waals surface area contributed by atoms with Crippen molar-refractivity contribution in [3.05, 3.63) is 81.7 Å². The number of nitrogens with zero attached hydrogens (tertiary/aromatic N) is 4. The van der Waals surface area contributed by atoms with Gasteiger partial charge in [-0.25, -0.2) is 18.3 Å². The highest BCUT2D eigenvalue weighted by Crippen LogP contribution is 2.38. The molecule has 5 rings (SSSR count). The molecule has 0 spiro atoms. The van der Waals surface area contributed by atoms with Crippen LogP contribution in [0.25, 0.3) is 16.9 Å². The van der Waals surface area contributed by atoms with Crippen molar-refractivity contribution in [3.63, 3.8) is 0 Å². The Morgan fingerprint density at radius 1 is 1.15 bits per heavy atom. The Morgan fingerprint density at radius 2 is 1.93 bits per heavy atom. The molecule has 9 nitrogen and oxygen atoms in total. The zero-order valence-corrected chi connectivity index (χ0v) is 23.8. The van der Waals surface area contributed by atoms with Gasteiger partial charge in [0.2, 0.25) is 0 Å². The predicted octanol–water partition coefficient (Wildman–Crippen LogP) is 5.42. The molecule has 12 heteroatoms. The monoisotopic (exact) mass is 614 g/mol. The Bertz CT molecular complexity index is 1490. The third-order valence-corrected chi connectivity index (χ3v) is 7.78. The van der Waals surface area contributed by atoms with E-state index >= 15 is 0 Å². The van der Waals surface area contributed by atoms with E-state index in [1.165, 1.54) is 6.07 Å². The number of amides is 2. The summed E-state index contributed by atoms with van der Waals surface area (Å²) < 4.78 is 40.5. The molecule has 1 aliphatic rings. The molecule has 0 unspecified atom stereocenters. The lowest BCUT2D eigenvalue weighted by Crippen LogP contribution is -2.42. The molecular formula is C28H29BrF2N6O3. The number of anilines is 1. The Kier molecular flexibility index (Phi) is 8.29. The van der Waals surface area contributed by atoms with Gasteiger partial charge in [-0.05, 0) is 59.6 Å². The maximum atomic E-state index is 14.1. The average Bonchev–Trinajstić information content (AvgIpc) is 3.60. The number of carbonyl (C=O) groups excluding carboxylic acids is 1. The Hall–Kier alpha value is -3.61. The average molecular weight is 615 g/mol. The molecule has 1 aliphatic heterocycles. The summed E-state index contributed by atoms with van der Waals surface area (Å²) in [6.07, 6.45) is 0. The van der Waals surface area contributed by atoms with Crippen molar-refractivity contribution in [2.45, 2.75) is 25.8 Å². The van der Waals surface area contributed by atoms with Gasteiger partial charge in [0.1, 0.15) is 11.5 Å². The number of aromatic nitrogens is 3. The van der Waals surface area contributed by atoms with Crippen LogP contribution in [0.3, 0.4) is 0 Å². The van der Waals surface area contributed by atoms with Crippen LogP contribution in [0.15, 0.2) is 57.5 Å². The van der Waals surface area contributed by atoms with E-state index in [0.29, 0.717) is 59.2 Å². The summed E-state index contributed by atoms with van der Waals surface area (Å²) in [6.45, 7) is 5.86. The highest BCUT2D eigenvalue weighted by Gasteiger charge is 2.35. The number of nitrogens with one attached hydrogen (secondary N) is 2. The van der Waals surface area contributed by atoms with Crippen LogP contribution >= 0.6 is 15.9 Å². The second-order valence-electron chi connectivity index (χ2n) is 9.70. The number of methoxy groups -OCH3 is 1. The quantitative estimate of drug-likeness (QED) is 0.275. The van der Waals surface area contributed by atoms with Gasteiger partial charge in [0.25, 0.3) is 0 Å². The standard InChI is InChI=1S/C28H29BrF2N6O3/c1-16-24(17(2)40-35-16)26-25(29)27(37(34-26)19-7-5-4-6-8-19)33-28(38)32-23-15-36(11-12-39-3)14-20(23)18-9-10-21(30)22(31)13-18/h4-10,13,20,23H,11-12,14-15H2,1-3H3,(H2,32,33,38)/t20-,23+/m0/s1. The SMILES string of the molecule is COCCN1C[C@@H](NC(=O)Nc2c(Br)c(-c3c(C)noc3C)nn2-c2ccccc2)[C@H](c2ccc(F)c(F)c2)C1. The lowest BCUT2D eigenvalue weighted by Gasteiger charge is -2.21. The van der Waals surface area contributed by atoms with Gasteiger partial charge in [-0.15, -0.1) is 0 Å². The van der Waals surface area contributed by atoms with Gasteiger partial charge in [0.05, 0.1) is 34.1 Å². The van der Waals surface area contributed by atoms with Crippen LogP contribution in [0.5, 0.6) is 0 Å². The number of urea groups is 1. The molecule has 4 aromatic rings. The van der Waals surface area contributed by atoms with E-state index in [9.17, 15) is 13.6 Å². The number of likely N-dealkylation sites (tertiary alicyclic amines) is 1. The van der Waals surface area contributed by atoms with Gasteiger partial charge in [-0.1, -0.05) is 29.4 Å². The maximum absolute atomic E-state index is 14.1. The van der Waals surface area contributed by atoms with Crippen LogP contribution in [0.4, 0.5) is 19.4 Å². The van der Waals surface area contributed by atoms with Crippen molar-refractivity contribution in [2.24, 2.45) is 0 Å². The molecule has 2 aromatic heterocycles. The molecule has 2 N–H and O–H groups in total. The van der Waals surface area contributed by atoms with Crippen molar-refractivity contribution in [1.29, 1.82) is 0 Å². The zero-order chi connectivity index (χ0) is 28.4. The molecule has 3 heterocycles. The summed E-state index contributed by atoms with van der Waals surface area (Å²) >= 11 is 3.64. The Labute approximate surface area is 238 Å². The highest BCUT2D eigenvalue weighted by atomic mass is 79.9. The normalized spacial score (nSPS) is 17.4. The Morgan fingerprint density at radius 3 is 2.60 bits per heavy atom. The first-order chi connectivity index (χ1) is 19.3. The molecular weight excluding hydrogens is 586 g/mol. The molecule has 0 saturated carbocycles. The van der Waals surface area contributed by atoms with E-state index < -0.39 is 17.7 Å². The minimum atomic E-state index is -0.918. The van der Waals surface area contributed by atoms with Crippen molar-refractivity contribution in [2.75, 3.05) is 38.7 Å². The third kappa shape index (κ3) is 5.65. The van der Waals surface area contributed by atoms with Gasteiger partial charge in [-0.2, -0.15) is 5.10 Å². The summed E-state index contributed by atoms with van der Waals surface area (Å²) in [4.78, 5) is 15.6. The van der Waals surface area contributed by atoms with E-state index in [1.54, 1.807) is 24.8 Å². The summed E-state index contributed by atoms with van der Waals surface area (Å²) in [5, 5.41) is 14.8. The van der Waals surface area contributed by atoms with Crippen molar-refractivity contribution >= 4 is 27.8 Å². The topological polar surface area (TPSA) is 97.5 Å². The van der Waals surface area contributed by atoms with E-state index in [2.05, 4.69) is 36.6 Å².